The maximum atomic E-state index is 12.5. The number of hydrogen-bond donors (Lipinski definition) is 2. The number of hydrogen-bond acceptors (Lipinski definition) is 6. The molecule has 1 aliphatic heterocycles. The zero-order chi connectivity index (χ0) is 23.8. The molecule has 1 amide bonds. The summed E-state index contributed by atoms with van der Waals surface area (Å²) in [5.74, 6) is 2.33. The number of carbonyl (C=O) groups excluding carboxylic acids is 1. The van der Waals surface area contributed by atoms with Gasteiger partial charge in [0.05, 0.1) is 6.61 Å². The number of rotatable bonds is 10. The number of nitrogens with zero attached hydrogens (tertiary/aromatic N) is 3. The summed E-state index contributed by atoms with van der Waals surface area (Å²) in [5.41, 5.74) is 9.48. The molecule has 1 saturated heterocycles. The van der Waals surface area contributed by atoms with Crippen LogP contribution in [0.5, 0.6) is 5.75 Å². The second kappa shape index (κ2) is 12.0. The summed E-state index contributed by atoms with van der Waals surface area (Å²) in [5, 5.41) is 2.89. The topological polar surface area (TPSA) is 93.4 Å². The molecule has 3 rings (SSSR count). The van der Waals surface area contributed by atoms with Crippen molar-refractivity contribution in [2.45, 2.75) is 65.8 Å². The van der Waals surface area contributed by atoms with Crippen molar-refractivity contribution in [1.29, 1.82) is 0 Å². The zero-order valence-electron chi connectivity index (χ0n) is 20.6. The molecule has 1 fully saturated rings. The molecule has 0 unspecified atom stereocenters. The number of nitrogens with one attached hydrogen (secondary N) is 1. The number of nitrogens with two attached hydrogens (primary N) is 1. The lowest BCUT2D eigenvalue weighted by atomic mass is 9.92. The van der Waals surface area contributed by atoms with E-state index in [9.17, 15) is 4.79 Å². The van der Waals surface area contributed by atoms with Gasteiger partial charge in [-0.25, -0.2) is 9.97 Å². The molecule has 2 aromatic rings. The molecule has 0 aliphatic carbocycles. The maximum absolute atomic E-state index is 12.5. The highest BCUT2D eigenvalue weighted by Crippen LogP contribution is 2.25. The summed E-state index contributed by atoms with van der Waals surface area (Å²) in [7, 11) is 0. The normalized spacial score (nSPS) is 15.4. The van der Waals surface area contributed by atoms with Gasteiger partial charge in [-0.3, -0.25) is 4.79 Å². The Morgan fingerprint density at radius 3 is 2.42 bits per heavy atom. The monoisotopic (exact) mass is 453 g/mol. The van der Waals surface area contributed by atoms with Crippen LogP contribution in [-0.2, 0) is 6.42 Å². The van der Waals surface area contributed by atoms with Gasteiger partial charge in [-0.05, 0) is 87.6 Å². The molecule has 0 spiro atoms. The Kier molecular flexibility index (Phi) is 9.06. The Morgan fingerprint density at radius 1 is 1.21 bits per heavy atom. The third-order valence-corrected chi connectivity index (χ3v) is 6.34. The minimum absolute atomic E-state index is 0.0647. The molecule has 0 radical (unpaired) electrons. The number of aromatic nitrogens is 2. The first-order valence-corrected chi connectivity index (χ1v) is 12.2. The lowest BCUT2D eigenvalue weighted by Crippen LogP contribution is -2.35. The van der Waals surface area contributed by atoms with Crippen LogP contribution in [0.4, 0.5) is 5.95 Å². The van der Waals surface area contributed by atoms with Crippen LogP contribution in [-0.4, -0.2) is 48.2 Å². The van der Waals surface area contributed by atoms with Gasteiger partial charge in [0.15, 0.2) is 0 Å². The summed E-state index contributed by atoms with van der Waals surface area (Å²) in [4.78, 5) is 23.8. The number of ether oxygens (including phenoxy) is 1. The van der Waals surface area contributed by atoms with Gasteiger partial charge in [0, 0.05) is 43.6 Å². The molecule has 0 bridgehead atoms. The van der Waals surface area contributed by atoms with Crippen LogP contribution in [0.1, 0.15) is 66.6 Å². The van der Waals surface area contributed by atoms with Crippen LogP contribution in [0.15, 0.2) is 24.5 Å². The van der Waals surface area contributed by atoms with Crippen molar-refractivity contribution in [2.24, 2.45) is 11.7 Å². The van der Waals surface area contributed by atoms with Crippen molar-refractivity contribution in [2.75, 3.05) is 31.1 Å². The predicted molar refractivity (Wildman–Crippen MR) is 133 cm³/mol. The second-order valence-corrected chi connectivity index (χ2v) is 9.29. The van der Waals surface area contributed by atoms with E-state index in [1.165, 1.54) is 24.8 Å². The molecule has 1 atom stereocenters. The van der Waals surface area contributed by atoms with Crippen LogP contribution in [0.25, 0.3) is 0 Å². The Morgan fingerprint density at radius 2 is 1.85 bits per heavy atom. The van der Waals surface area contributed by atoms with E-state index in [-0.39, 0.29) is 11.9 Å². The fourth-order valence-electron chi connectivity index (χ4n) is 4.38. The van der Waals surface area contributed by atoms with E-state index >= 15 is 0 Å². The fraction of sp³-hybridized carbons (Fsp3) is 0.577. The Hall–Kier alpha value is -2.67. The number of carbonyl (C=O) groups is 1. The van der Waals surface area contributed by atoms with Crippen LogP contribution in [0.3, 0.4) is 0 Å². The molecular formula is C26H39N5O2. The molecule has 7 heteroatoms. The quantitative estimate of drug-likeness (QED) is 0.532. The summed E-state index contributed by atoms with van der Waals surface area (Å²) in [6.45, 7) is 11.1. The first-order chi connectivity index (χ1) is 15.9. The van der Waals surface area contributed by atoms with Crippen LogP contribution in [0.2, 0.25) is 0 Å². The van der Waals surface area contributed by atoms with Crippen LogP contribution >= 0.6 is 0 Å². The molecule has 180 valence electrons. The Balaban J connectivity index is 1.40. The first kappa shape index (κ1) is 25.0. The van der Waals surface area contributed by atoms with Crippen molar-refractivity contribution < 1.29 is 9.53 Å². The number of anilines is 1. The molecule has 3 N–H and O–H groups in total. The minimum Gasteiger partial charge on any atom is -0.494 e. The number of benzene rings is 1. The van der Waals surface area contributed by atoms with Crippen molar-refractivity contribution in [1.82, 2.24) is 15.3 Å². The first-order valence-electron chi connectivity index (χ1n) is 12.2. The lowest BCUT2D eigenvalue weighted by Gasteiger charge is -2.32. The lowest BCUT2D eigenvalue weighted by molar-refractivity contribution is 0.0950. The summed E-state index contributed by atoms with van der Waals surface area (Å²) >= 11 is 0. The maximum Gasteiger partial charge on any atom is 0.251 e. The third kappa shape index (κ3) is 7.16. The number of piperidine rings is 1. The average Bonchev–Trinajstić information content (AvgIpc) is 2.80. The summed E-state index contributed by atoms with van der Waals surface area (Å²) in [6, 6.07) is 3.84. The Bertz CT molecular complexity index is 882. The van der Waals surface area contributed by atoms with Gasteiger partial charge in [0.2, 0.25) is 5.95 Å². The highest BCUT2D eigenvalue weighted by atomic mass is 16.5. The van der Waals surface area contributed by atoms with E-state index in [2.05, 4.69) is 27.1 Å². The summed E-state index contributed by atoms with van der Waals surface area (Å²) < 4.78 is 6.02. The highest BCUT2D eigenvalue weighted by molar-refractivity contribution is 5.97. The largest absolute Gasteiger partial charge is 0.494 e. The van der Waals surface area contributed by atoms with Crippen LogP contribution in [0, 0.1) is 19.8 Å². The molecule has 1 aromatic carbocycles. The molecule has 33 heavy (non-hydrogen) atoms. The molecule has 7 nitrogen and oxygen atoms in total. The van der Waals surface area contributed by atoms with Gasteiger partial charge in [0.25, 0.3) is 5.91 Å². The minimum atomic E-state index is -0.0769. The van der Waals surface area contributed by atoms with E-state index in [1.807, 2.05) is 45.3 Å². The van der Waals surface area contributed by atoms with E-state index in [1.54, 1.807) is 0 Å². The highest BCUT2D eigenvalue weighted by Gasteiger charge is 2.21. The van der Waals surface area contributed by atoms with Crippen molar-refractivity contribution in [3.8, 4) is 5.75 Å². The second-order valence-electron chi connectivity index (χ2n) is 9.29. The van der Waals surface area contributed by atoms with E-state index in [4.69, 9.17) is 10.5 Å². The SMILES string of the molecule is CCc1cnc(N2CCC(CCCOc3cc(C)c(C(=O)NC[C@@H](C)N)c(C)c3)CC2)nc1. The van der Waals surface area contributed by atoms with E-state index < -0.39 is 0 Å². The molecule has 0 saturated carbocycles. The van der Waals surface area contributed by atoms with Crippen LogP contribution < -0.4 is 20.7 Å². The third-order valence-electron chi connectivity index (χ3n) is 6.34. The fourth-order valence-corrected chi connectivity index (χ4v) is 4.38. The van der Waals surface area contributed by atoms with Gasteiger partial charge in [-0.1, -0.05) is 6.92 Å². The predicted octanol–water partition coefficient (Wildman–Crippen LogP) is 3.81. The molecule has 1 aliphatic rings. The van der Waals surface area contributed by atoms with E-state index in [0.717, 1.165) is 54.7 Å². The van der Waals surface area contributed by atoms with Gasteiger partial charge in [-0.15, -0.1) is 0 Å². The van der Waals surface area contributed by atoms with Crippen molar-refractivity contribution >= 4 is 11.9 Å². The van der Waals surface area contributed by atoms with Gasteiger partial charge in [0.1, 0.15) is 5.75 Å². The zero-order valence-corrected chi connectivity index (χ0v) is 20.6. The van der Waals surface area contributed by atoms with Gasteiger partial charge >= 0.3 is 0 Å². The number of amides is 1. The van der Waals surface area contributed by atoms with Crippen molar-refractivity contribution in [3.05, 3.63) is 46.8 Å². The Labute approximate surface area is 198 Å². The molecular weight excluding hydrogens is 414 g/mol. The average molecular weight is 454 g/mol. The van der Waals surface area contributed by atoms with Gasteiger partial charge in [-0.2, -0.15) is 0 Å². The smallest absolute Gasteiger partial charge is 0.251 e. The molecule has 1 aromatic heterocycles. The van der Waals surface area contributed by atoms with Crippen molar-refractivity contribution in [3.63, 3.8) is 0 Å². The van der Waals surface area contributed by atoms with Gasteiger partial charge < -0.3 is 20.7 Å². The molecule has 2 heterocycles. The summed E-state index contributed by atoms with van der Waals surface area (Å²) in [6.07, 6.45) is 9.38. The standard InChI is InChI=1S/C26H39N5O2/c1-5-21-16-29-26(30-17-21)31-10-8-22(9-11-31)7-6-12-33-23-13-18(2)24(19(3)14-23)25(32)28-15-20(4)27/h13-14,16-17,20,22H,5-12,15,27H2,1-4H3,(H,28,32)/t20-/m1/s1. The number of aryl methyl sites for hydroxylation is 3. The van der Waals surface area contributed by atoms with E-state index in [0.29, 0.717) is 18.7 Å².